The molecule has 1 amide bonds. The van der Waals surface area contributed by atoms with Crippen LogP contribution in [-0.2, 0) is 29.6 Å². The Morgan fingerprint density at radius 1 is 1.07 bits per heavy atom. The van der Waals surface area contributed by atoms with E-state index in [0.717, 1.165) is 71.6 Å². The lowest BCUT2D eigenvalue weighted by Gasteiger charge is -2.47. The molecule has 2 aromatic carbocycles. The highest BCUT2D eigenvalue weighted by atomic mass is 16.6. The van der Waals surface area contributed by atoms with E-state index >= 15 is 0 Å². The first-order valence-electron chi connectivity index (χ1n) is 14.7. The van der Waals surface area contributed by atoms with E-state index in [0.29, 0.717) is 49.6 Å². The summed E-state index contributed by atoms with van der Waals surface area (Å²) in [5.74, 6) is 1.70. The number of aromatic nitrogens is 4. The average Bonchev–Trinajstić information content (AvgIpc) is 3.70. The number of fused-ring (bicyclic) bond motifs is 1. The van der Waals surface area contributed by atoms with Gasteiger partial charge in [-0.1, -0.05) is 24.3 Å². The first-order valence-corrected chi connectivity index (χ1v) is 14.7. The van der Waals surface area contributed by atoms with E-state index in [1.807, 2.05) is 35.9 Å². The molecule has 1 spiro atoms. The van der Waals surface area contributed by atoms with Crippen molar-refractivity contribution in [1.82, 2.24) is 24.6 Å². The zero-order valence-electron chi connectivity index (χ0n) is 24.0. The Bertz CT molecular complexity index is 1800. The van der Waals surface area contributed by atoms with Crippen LogP contribution in [0.5, 0.6) is 0 Å². The van der Waals surface area contributed by atoms with Crippen LogP contribution in [0.2, 0.25) is 0 Å². The van der Waals surface area contributed by atoms with Gasteiger partial charge < -0.3 is 14.0 Å². The lowest BCUT2D eigenvalue weighted by Crippen LogP contribution is -2.62. The van der Waals surface area contributed by atoms with Gasteiger partial charge in [-0.15, -0.1) is 10.2 Å². The SMILES string of the molecule is [C-]#[N+]c1ccc(-c2cc(C3CC3)nc(N3Cc4ccc(CN5CCOC6(COC6)C5)cc4C3=O)c2)c(-c2nncn2C)c1. The number of ether oxygens (including phenoxy) is 2. The molecule has 5 heterocycles. The predicted octanol–water partition coefficient (Wildman–Crippen LogP) is 4.73. The Balaban J connectivity index is 1.12. The molecule has 0 atom stereocenters. The van der Waals surface area contributed by atoms with Gasteiger partial charge in [0.15, 0.2) is 11.5 Å². The molecule has 8 rings (SSSR count). The van der Waals surface area contributed by atoms with Crippen molar-refractivity contribution < 1.29 is 14.3 Å². The van der Waals surface area contributed by atoms with E-state index in [9.17, 15) is 4.79 Å². The van der Waals surface area contributed by atoms with Crippen molar-refractivity contribution in [3.63, 3.8) is 0 Å². The molecule has 0 unspecified atom stereocenters. The molecular weight excluding hydrogens is 542 g/mol. The number of aryl methyl sites for hydroxylation is 1. The number of anilines is 1. The van der Waals surface area contributed by atoms with Crippen molar-refractivity contribution >= 4 is 17.4 Å². The number of carbonyl (C=O) groups is 1. The molecular formula is C33H31N7O3. The second kappa shape index (κ2) is 10.1. The number of rotatable bonds is 6. The number of amides is 1. The van der Waals surface area contributed by atoms with Crippen molar-refractivity contribution in [3.8, 4) is 22.5 Å². The van der Waals surface area contributed by atoms with Gasteiger partial charge in [0.1, 0.15) is 17.7 Å². The van der Waals surface area contributed by atoms with Gasteiger partial charge in [0.2, 0.25) is 0 Å². The third kappa shape index (κ3) is 4.70. The third-order valence-electron chi connectivity index (χ3n) is 8.94. The van der Waals surface area contributed by atoms with E-state index in [-0.39, 0.29) is 11.5 Å². The van der Waals surface area contributed by atoms with Crippen LogP contribution in [0, 0.1) is 6.57 Å². The maximum absolute atomic E-state index is 13.9. The summed E-state index contributed by atoms with van der Waals surface area (Å²) in [6.07, 6.45) is 3.84. The third-order valence-corrected chi connectivity index (χ3v) is 8.94. The van der Waals surface area contributed by atoms with Gasteiger partial charge in [-0.3, -0.25) is 14.6 Å². The fourth-order valence-electron chi connectivity index (χ4n) is 6.44. The molecule has 1 saturated carbocycles. The summed E-state index contributed by atoms with van der Waals surface area (Å²) in [5, 5.41) is 8.41. The topological polar surface area (TPSA) is 90.0 Å². The van der Waals surface area contributed by atoms with E-state index in [1.165, 1.54) is 0 Å². The van der Waals surface area contributed by atoms with Crippen molar-refractivity contribution in [2.45, 2.75) is 37.5 Å². The van der Waals surface area contributed by atoms with E-state index in [1.54, 1.807) is 11.2 Å². The number of hydrogen-bond acceptors (Lipinski definition) is 7. The Morgan fingerprint density at radius 2 is 1.95 bits per heavy atom. The highest BCUT2D eigenvalue weighted by Crippen LogP contribution is 2.43. The van der Waals surface area contributed by atoms with Crippen LogP contribution in [0.1, 0.15) is 45.9 Å². The summed E-state index contributed by atoms with van der Waals surface area (Å²) >= 11 is 0. The number of nitrogens with zero attached hydrogens (tertiary/aromatic N) is 7. The van der Waals surface area contributed by atoms with Gasteiger partial charge in [0.05, 0.1) is 32.9 Å². The lowest BCUT2D eigenvalue weighted by atomic mass is 9.97. The molecule has 3 aliphatic heterocycles. The quantitative estimate of drug-likeness (QED) is 0.308. The maximum atomic E-state index is 13.9. The van der Waals surface area contributed by atoms with Crippen LogP contribution in [0.15, 0.2) is 54.9 Å². The molecule has 1 aliphatic carbocycles. The molecule has 0 radical (unpaired) electrons. The monoisotopic (exact) mass is 573 g/mol. The van der Waals surface area contributed by atoms with Crippen LogP contribution in [0.25, 0.3) is 27.4 Å². The fraction of sp³-hybridized carbons (Fsp3) is 0.364. The summed E-state index contributed by atoms with van der Waals surface area (Å²) in [5.41, 5.74) is 6.96. The standard InChI is InChI=1S/C33H31N7O3/c1-34-25-7-8-26(28(14-25)31-37-35-20-38(31)2)24-12-29(22-5-6-22)36-30(13-24)40-16-23-4-3-21(11-27(23)32(40)41)15-39-9-10-43-33(17-39)18-42-19-33/h3-4,7-8,11-14,20,22H,5-6,9-10,15-19H2,2H3. The van der Waals surface area contributed by atoms with Gasteiger partial charge in [-0.05, 0) is 59.4 Å². The number of carbonyl (C=O) groups excluding carboxylic acids is 1. The zero-order chi connectivity index (χ0) is 29.1. The minimum atomic E-state index is -0.166. The molecule has 4 aromatic rings. The summed E-state index contributed by atoms with van der Waals surface area (Å²) in [4.78, 5) is 26.8. The van der Waals surface area contributed by atoms with Gasteiger partial charge in [0, 0.05) is 49.4 Å². The molecule has 0 N–H and O–H groups in total. The molecule has 2 aromatic heterocycles. The van der Waals surface area contributed by atoms with Crippen LogP contribution in [-0.4, -0.2) is 69.1 Å². The van der Waals surface area contributed by atoms with E-state index in [2.05, 4.69) is 44.2 Å². The van der Waals surface area contributed by atoms with Crippen molar-refractivity contribution in [2.24, 2.45) is 7.05 Å². The molecule has 2 saturated heterocycles. The average molecular weight is 574 g/mol. The summed E-state index contributed by atoms with van der Waals surface area (Å²) in [6, 6.07) is 16.1. The molecule has 43 heavy (non-hydrogen) atoms. The van der Waals surface area contributed by atoms with Gasteiger partial charge in [-0.25, -0.2) is 9.83 Å². The number of pyridine rings is 1. The Morgan fingerprint density at radius 3 is 2.70 bits per heavy atom. The highest BCUT2D eigenvalue weighted by molar-refractivity contribution is 6.10. The smallest absolute Gasteiger partial charge is 0.260 e. The van der Waals surface area contributed by atoms with Crippen molar-refractivity contribution in [2.75, 3.05) is 37.8 Å². The minimum Gasteiger partial charge on any atom is -0.375 e. The Labute approximate surface area is 249 Å². The van der Waals surface area contributed by atoms with Crippen LogP contribution >= 0.6 is 0 Å². The second-order valence-corrected chi connectivity index (χ2v) is 12.1. The fourth-order valence-corrected chi connectivity index (χ4v) is 6.44. The normalized spacial score (nSPS) is 19.3. The first-order chi connectivity index (χ1) is 21.0. The summed E-state index contributed by atoms with van der Waals surface area (Å²) < 4.78 is 13.3. The lowest BCUT2D eigenvalue weighted by molar-refractivity contribution is -0.238. The van der Waals surface area contributed by atoms with Crippen LogP contribution < -0.4 is 4.90 Å². The molecule has 0 bridgehead atoms. The molecule has 3 fully saturated rings. The zero-order valence-corrected chi connectivity index (χ0v) is 24.0. The number of morpholine rings is 1. The maximum Gasteiger partial charge on any atom is 0.260 e. The van der Waals surface area contributed by atoms with E-state index < -0.39 is 0 Å². The second-order valence-electron chi connectivity index (χ2n) is 12.1. The molecule has 4 aliphatic rings. The van der Waals surface area contributed by atoms with Crippen molar-refractivity contribution in [3.05, 3.63) is 88.7 Å². The number of hydrogen-bond donors (Lipinski definition) is 0. The van der Waals surface area contributed by atoms with Crippen molar-refractivity contribution in [1.29, 1.82) is 0 Å². The van der Waals surface area contributed by atoms with Gasteiger partial charge in [-0.2, -0.15) is 0 Å². The minimum absolute atomic E-state index is 0.0223. The van der Waals surface area contributed by atoms with Gasteiger partial charge in [0.25, 0.3) is 5.91 Å². The summed E-state index contributed by atoms with van der Waals surface area (Å²) in [6.45, 7) is 12.5. The number of benzene rings is 2. The molecule has 216 valence electrons. The van der Waals surface area contributed by atoms with Crippen LogP contribution in [0.3, 0.4) is 0 Å². The predicted molar refractivity (Wildman–Crippen MR) is 160 cm³/mol. The Kier molecular flexibility index (Phi) is 6.15. The molecule has 10 nitrogen and oxygen atoms in total. The van der Waals surface area contributed by atoms with Crippen LogP contribution in [0.4, 0.5) is 11.5 Å². The Hall–Kier alpha value is -4.43. The van der Waals surface area contributed by atoms with E-state index in [4.69, 9.17) is 21.0 Å². The van der Waals surface area contributed by atoms with Gasteiger partial charge >= 0.3 is 0 Å². The largest absolute Gasteiger partial charge is 0.375 e. The first kappa shape index (κ1) is 26.2. The highest BCUT2D eigenvalue weighted by Gasteiger charge is 2.43. The molecule has 10 heteroatoms. The summed E-state index contributed by atoms with van der Waals surface area (Å²) in [7, 11) is 1.89.